The first-order chi connectivity index (χ1) is 29.6. The maximum absolute atomic E-state index is 12.5. The molecule has 0 saturated heterocycles. The van der Waals surface area contributed by atoms with Crippen LogP contribution in [0.5, 0.6) is 0 Å². The summed E-state index contributed by atoms with van der Waals surface area (Å²) < 4.78 is 0. The van der Waals surface area contributed by atoms with E-state index in [9.17, 15) is 20.1 Å². The molecule has 0 saturated carbocycles. The predicted octanol–water partition coefficient (Wildman–Crippen LogP) is 16.9. The molecule has 0 aliphatic heterocycles. The number of aliphatic hydroxyl groups is 3. The van der Waals surface area contributed by atoms with Crippen molar-refractivity contribution in [1.82, 2.24) is 5.32 Å². The zero-order chi connectivity index (χ0) is 43.7. The monoisotopic (exact) mass is 850 g/mol. The van der Waals surface area contributed by atoms with E-state index in [0.29, 0.717) is 12.8 Å². The molecule has 3 unspecified atom stereocenters. The summed E-state index contributed by atoms with van der Waals surface area (Å²) in [4.78, 5) is 12.5. The van der Waals surface area contributed by atoms with E-state index in [4.69, 9.17) is 0 Å². The van der Waals surface area contributed by atoms with Crippen molar-refractivity contribution in [3.8, 4) is 0 Å². The van der Waals surface area contributed by atoms with Gasteiger partial charge in [0.2, 0.25) is 5.91 Å². The first-order valence-corrected chi connectivity index (χ1v) is 27.8. The molecule has 0 spiro atoms. The Morgan fingerprint density at radius 3 is 0.800 bits per heavy atom. The van der Waals surface area contributed by atoms with Gasteiger partial charge in [0.1, 0.15) is 6.10 Å². The number of unbranched alkanes of at least 4 members (excludes halogenated alkanes) is 44. The lowest BCUT2D eigenvalue weighted by Gasteiger charge is -2.26. The largest absolute Gasteiger partial charge is 0.394 e. The van der Waals surface area contributed by atoms with Gasteiger partial charge < -0.3 is 20.6 Å². The van der Waals surface area contributed by atoms with Gasteiger partial charge in [-0.05, 0) is 12.8 Å². The Labute approximate surface area is 377 Å². The molecule has 0 radical (unpaired) electrons. The molecule has 0 bridgehead atoms. The lowest BCUT2D eigenvalue weighted by molar-refractivity contribution is -0.124. The number of aliphatic hydroxyl groups excluding tert-OH is 3. The van der Waals surface area contributed by atoms with E-state index in [2.05, 4.69) is 19.2 Å². The first kappa shape index (κ1) is 59.4. The van der Waals surface area contributed by atoms with Gasteiger partial charge in [0, 0.05) is 6.42 Å². The SMILES string of the molecule is CCCCCCCCCCCCCCCCCCCCCCCCCCCCCCC(=O)NC(CO)C(O)C(O)CCCCCCCCCCCCCCCCCCCC. The molecule has 0 aliphatic rings. The van der Waals surface area contributed by atoms with Gasteiger partial charge in [0.05, 0.1) is 18.8 Å². The second-order valence-electron chi connectivity index (χ2n) is 19.5. The lowest BCUT2D eigenvalue weighted by atomic mass is 9.99. The smallest absolute Gasteiger partial charge is 0.220 e. The Hall–Kier alpha value is -0.650. The van der Waals surface area contributed by atoms with Gasteiger partial charge in [-0.3, -0.25) is 4.79 Å². The van der Waals surface area contributed by atoms with Crippen LogP contribution in [0.25, 0.3) is 0 Å². The number of hydrogen-bond acceptors (Lipinski definition) is 4. The zero-order valence-corrected chi connectivity index (χ0v) is 41.1. The van der Waals surface area contributed by atoms with E-state index in [1.807, 2.05) is 0 Å². The van der Waals surface area contributed by atoms with Gasteiger partial charge >= 0.3 is 0 Å². The number of hydrogen-bond donors (Lipinski definition) is 4. The lowest BCUT2D eigenvalue weighted by Crippen LogP contribution is -2.50. The van der Waals surface area contributed by atoms with Crippen molar-refractivity contribution in [2.75, 3.05) is 6.61 Å². The molecule has 0 aromatic carbocycles. The molecule has 60 heavy (non-hydrogen) atoms. The van der Waals surface area contributed by atoms with E-state index < -0.39 is 18.2 Å². The van der Waals surface area contributed by atoms with Crippen LogP contribution < -0.4 is 5.32 Å². The predicted molar refractivity (Wildman–Crippen MR) is 264 cm³/mol. The Balaban J connectivity index is 3.48. The fourth-order valence-electron chi connectivity index (χ4n) is 9.17. The second-order valence-corrected chi connectivity index (χ2v) is 19.5. The number of rotatable bonds is 52. The van der Waals surface area contributed by atoms with Crippen molar-refractivity contribution in [2.45, 2.75) is 340 Å². The van der Waals surface area contributed by atoms with Gasteiger partial charge in [-0.1, -0.05) is 303 Å². The number of carbonyl (C=O) groups is 1. The van der Waals surface area contributed by atoms with E-state index in [1.165, 1.54) is 263 Å². The van der Waals surface area contributed by atoms with Crippen molar-refractivity contribution in [3.63, 3.8) is 0 Å². The van der Waals surface area contributed by atoms with Crippen LogP contribution in [-0.4, -0.2) is 46.1 Å². The summed E-state index contributed by atoms with van der Waals surface area (Å²) in [7, 11) is 0. The molecule has 360 valence electrons. The molecule has 0 aliphatic carbocycles. The standard InChI is InChI=1S/C55H111NO4/c1-3-5-7-9-11-13-15-17-19-21-23-24-25-26-27-28-29-30-31-32-34-36-38-40-42-44-46-48-50-54(59)56-52(51-57)55(60)53(58)49-47-45-43-41-39-37-35-33-22-20-18-16-14-12-10-8-6-4-2/h52-53,55,57-58,60H,3-51H2,1-2H3,(H,56,59). The maximum atomic E-state index is 12.5. The Kier molecular flexibility index (Phi) is 50.4. The molecule has 0 aromatic heterocycles. The summed E-state index contributed by atoms with van der Waals surface area (Å²) in [6, 6.07) is -0.804. The molecule has 0 aromatic rings. The third-order valence-corrected chi connectivity index (χ3v) is 13.5. The minimum absolute atomic E-state index is 0.136. The van der Waals surface area contributed by atoms with Crippen LogP contribution in [0, 0.1) is 0 Å². The van der Waals surface area contributed by atoms with Crippen molar-refractivity contribution in [1.29, 1.82) is 0 Å². The van der Waals surface area contributed by atoms with Crippen molar-refractivity contribution >= 4 is 5.91 Å². The number of nitrogens with one attached hydrogen (secondary N) is 1. The molecule has 4 N–H and O–H groups in total. The van der Waals surface area contributed by atoms with Gasteiger partial charge in [0.15, 0.2) is 0 Å². The fourth-order valence-corrected chi connectivity index (χ4v) is 9.17. The van der Waals surface area contributed by atoms with Crippen LogP contribution in [0.2, 0.25) is 0 Å². The Morgan fingerprint density at radius 1 is 0.350 bits per heavy atom. The van der Waals surface area contributed by atoms with Gasteiger partial charge in [-0.15, -0.1) is 0 Å². The Morgan fingerprint density at radius 2 is 0.567 bits per heavy atom. The molecular weight excluding hydrogens is 739 g/mol. The van der Waals surface area contributed by atoms with Crippen molar-refractivity contribution in [3.05, 3.63) is 0 Å². The van der Waals surface area contributed by atoms with E-state index in [1.54, 1.807) is 0 Å². The molecule has 5 heteroatoms. The molecule has 3 atom stereocenters. The highest BCUT2D eigenvalue weighted by atomic mass is 16.3. The van der Waals surface area contributed by atoms with Crippen LogP contribution >= 0.6 is 0 Å². The summed E-state index contributed by atoms with van der Waals surface area (Å²) in [5.74, 6) is -0.136. The topological polar surface area (TPSA) is 89.8 Å². The normalized spacial score (nSPS) is 13.2. The van der Waals surface area contributed by atoms with Crippen LogP contribution in [0.3, 0.4) is 0 Å². The van der Waals surface area contributed by atoms with Gasteiger partial charge in [-0.25, -0.2) is 0 Å². The van der Waals surface area contributed by atoms with Crippen LogP contribution in [0.1, 0.15) is 322 Å². The minimum Gasteiger partial charge on any atom is -0.394 e. The van der Waals surface area contributed by atoms with E-state index in [0.717, 1.165) is 32.1 Å². The molecule has 5 nitrogen and oxygen atoms in total. The van der Waals surface area contributed by atoms with E-state index >= 15 is 0 Å². The molecule has 0 rings (SSSR count). The molecule has 0 heterocycles. The van der Waals surface area contributed by atoms with Crippen molar-refractivity contribution < 1.29 is 20.1 Å². The highest BCUT2D eigenvalue weighted by Crippen LogP contribution is 2.19. The third kappa shape index (κ3) is 45.4. The van der Waals surface area contributed by atoms with Gasteiger partial charge in [0.25, 0.3) is 0 Å². The molecule has 0 fully saturated rings. The van der Waals surface area contributed by atoms with Crippen LogP contribution in [0.15, 0.2) is 0 Å². The third-order valence-electron chi connectivity index (χ3n) is 13.5. The summed E-state index contributed by atoms with van der Waals surface area (Å²) in [5.41, 5.74) is 0. The summed E-state index contributed by atoms with van der Waals surface area (Å²) in [6.45, 7) is 4.22. The molecule has 1 amide bonds. The van der Waals surface area contributed by atoms with E-state index in [-0.39, 0.29) is 12.5 Å². The quantitative estimate of drug-likeness (QED) is 0.0459. The van der Waals surface area contributed by atoms with Crippen molar-refractivity contribution in [2.24, 2.45) is 0 Å². The summed E-state index contributed by atoms with van der Waals surface area (Å²) in [6.07, 6.45) is 61.1. The number of carbonyl (C=O) groups excluding carboxylic acids is 1. The fraction of sp³-hybridized carbons (Fsp3) is 0.982. The maximum Gasteiger partial charge on any atom is 0.220 e. The minimum atomic E-state index is -1.13. The van der Waals surface area contributed by atoms with Crippen LogP contribution in [0.4, 0.5) is 0 Å². The second kappa shape index (κ2) is 51.0. The molecular formula is C55H111NO4. The number of amides is 1. The average molecular weight is 850 g/mol. The first-order valence-electron chi connectivity index (χ1n) is 27.8. The summed E-state index contributed by atoms with van der Waals surface area (Å²) >= 11 is 0. The Bertz CT molecular complexity index is 807. The average Bonchev–Trinajstić information content (AvgIpc) is 3.25. The summed E-state index contributed by atoms with van der Waals surface area (Å²) in [5, 5.41) is 33.8. The van der Waals surface area contributed by atoms with Crippen LogP contribution in [-0.2, 0) is 4.79 Å². The highest BCUT2D eigenvalue weighted by molar-refractivity contribution is 5.76. The highest BCUT2D eigenvalue weighted by Gasteiger charge is 2.26. The van der Waals surface area contributed by atoms with Gasteiger partial charge in [-0.2, -0.15) is 0 Å². The zero-order valence-electron chi connectivity index (χ0n) is 41.1.